The number of hydrogen-bond donors (Lipinski definition) is 1. The van der Waals surface area contributed by atoms with Gasteiger partial charge < -0.3 is 5.32 Å². The van der Waals surface area contributed by atoms with Gasteiger partial charge in [0.25, 0.3) is 0 Å². The van der Waals surface area contributed by atoms with Crippen LogP contribution >= 0.6 is 11.8 Å². The Hall–Kier alpha value is -0.180. The first-order chi connectivity index (χ1) is 7.43. The van der Waals surface area contributed by atoms with Crippen molar-refractivity contribution in [2.45, 2.75) is 63.7 Å². The molecule has 0 saturated heterocycles. The van der Waals surface area contributed by atoms with E-state index in [2.05, 4.69) is 25.4 Å². The minimum atomic E-state index is 0.118. The summed E-state index contributed by atoms with van der Waals surface area (Å²) < 4.78 is 0.408. The molecule has 0 aromatic rings. The largest absolute Gasteiger partial charge is 0.354 e. The van der Waals surface area contributed by atoms with E-state index < -0.39 is 0 Å². The molecular formula is C13H25NOS. The third-order valence-electron chi connectivity index (χ3n) is 3.59. The number of nitrogens with one attached hydrogen (secondary N) is 1. The Morgan fingerprint density at radius 2 is 1.88 bits per heavy atom. The van der Waals surface area contributed by atoms with Crippen LogP contribution in [0.3, 0.4) is 0 Å². The maximum absolute atomic E-state index is 11.0. The molecule has 1 aliphatic carbocycles. The monoisotopic (exact) mass is 243 g/mol. The molecule has 1 fully saturated rings. The Balaban J connectivity index is 2.29. The Labute approximate surface area is 104 Å². The third-order valence-corrected chi connectivity index (χ3v) is 4.86. The van der Waals surface area contributed by atoms with Crippen LogP contribution in [0.15, 0.2) is 0 Å². The average molecular weight is 243 g/mol. The molecule has 1 N–H and O–H groups in total. The van der Waals surface area contributed by atoms with Crippen molar-refractivity contribution in [3.05, 3.63) is 0 Å². The minimum absolute atomic E-state index is 0.118. The van der Waals surface area contributed by atoms with Crippen LogP contribution in [0.25, 0.3) is 0 Å². The quantitative estimate of drug-likeness (QED) is 0.821. The molecule has 0 radical (unpaired) electrons. The predicted molar refractivity (Wildman–Crippen MR) is 71.8 cm³/mol. The molecule has 94 valence electrons. The third kappa shape index (κ3) is 4.77. The zero-order valence-corrected chi connectivity index (χ0v) is 11.8. The van der Waals surface area contributed by atoms with E-state index in [4.69, 9.17) is 0 Å². The highest BCUT2D eigenvalue weighted by Crippen LogP contribution is 2.36. The normalized spacial score (nSPS) is 26.5. The summed E-state index contributed by atoms with van der Waals surface area (Å²) in [7, 11) is 0. The lowest BCUT2D eigenvalue weighted by Gasteiger charge is -2.33. The summed E-state index contributed by atoms with van der Waals surface area (Å²) in [5.74, 6) is 0.973. The van der Waals surface area contributed by atoms with E-state index in [-0.39, 0.29) is 5.91 Å². The van der Waals surface area contributed by atoms with Crippen LogP contribution in [-0.2, 0) is 4.79 Å². The summed E-state index contributed by atoms with van der Waals surface area (Å²) in [5.41, 5.74) is 0. The van der Waals surface area contributed by atoms with E-state index in [9.17, 15) is 4.79 Å². The van der Waals surface area contributed by atoms with Gasteiger partial charge in [0.05, 0.1) is 0 Å². The maximum Gasteiger partial charge on any atom is 0.217 e. The van der Waals surface area contributed by atoms with Gasteiger partial charge in [-0.2, -0.15) is 11.8 Å². The van der Waals surface area contributed by atoms with Crippen LogP contribution in [0, 0.1) is 5.92 Å². The van der Waals surface area contributed by atoms with Gasteiger partial charge in [0.1, 0.15) is 0 Å². The van der Waals surface area contributed by atoms with Gasteiger partial charge in [-0.1, -0.05) is 13.8 Å². The Bertz CT molecular complexity index is 232. The predicted octanol–water partition coefficient (Wildman–Crippen LogP) is 3.21. The lowest BCUT2D eigenvalue weighted by Crippen LogP contribution is -2.37. The number of amides is 1. The fourth-order valence-corrected chi connectivity index (χ4v) is 2.98. The molecule has 0 aromatic carbocycles. The topological polar surface area (TPSA) is 29.1 Å². The van der Waals surface area contributed by atoms with Crippen molar-refractivity contribution < 1.29 is 4.79 Å². The first kappa shape index (κ1) is 13.9. The Morgan fingerprint density at radius 3 is 2.31 bits per heavy atom. The summed E-state index contributed by atoms with van der Waals surface area (Å²) in [6.45, 7) is 6.28. The van der Waals surface area contributed by atoms with Crippen molar-refractivity contribution in [2.75, 3.05) is 6.26 Å². The summed E-state index contributed by atoms with van der Waals surface area (Å²) in [4.78, 5) is 11.0. The van der Waals surface area contributed by atoms with E-state index in [0.29, 0.717) is 10.8 Å². The molecule has 0 unspecified atom stereocenters. The van der Waals surface area contributed by atoms with Crippen molar-refractivity contribution >= 4 is 17.7 Å². The Kier molecular flexibility index (Phi) is 5.16. The van der Waals surface area contributed by atoms with Crippen LogP contribution in [-0.4, -0.2) is 23.0 Å². The molecule has 0 heterocycles. The minimum Gasteiger partial charge on any atom is -0.354 e. The number of thioether (sulfide) groups is 1. The molecular weight excluding hydrogens is 218 g/mol. The second kappa shape index (κ2) is 5.95. The lowest BCUT2D eigenvalue weighted by molar-refractivity contribution is -0.119. The highest BCUT2D eigenvalue weighted by Gasteiger charge is 2.27. The van der Waals surface area contributed by atoms with Gasteiger partial charge in [-0.3, -0.25) is 4.79 Å². The van der Waals surface area contributed by atoms with E-state index in [0.717, 1.165) is 18.8 Å². The zero-order valence-electron chi connectivity index (χ0n) is 11.0. The van der Waals surface area contributed by atoms with Gasteiger partial charge in [-0.15, -0.1) is 0 Å². The first-order valence-corrected chi connectivity index (χ1v) is 7.47. The van der Waals surface area contributed by atoms with E-state index in [1.807, 2.05) is 11.8 Å². The van der Waals surface area contributed by atoms with Crippen LogP contribution < -0.4 is 5.32 Å². The summed E-state index contributed by atoms with van der Waals surface area (Å²) >= 11 is 1.96. The van der Waals surface area contributed by atoms with Gasteiger partial charge in [0, 0.05) is 17.7 Å². The van der Waals surface area contributed by atoms with Crippen LogP contribution in [0.4, 0.5) is 0 Å². The van der Waals surface area contributed by atoms with Crippen molar-refractivity contribution in [3.63, 3.8) is 0 Å². The van der Waals surface area contributed by atoms with Crippen molar-refractivity contribution in [1.82, 2.24) is 5.32 Å². The van der Waals surface area contributed by atoms with Crippen LogP contribution in [0.2, 0.25) is 0 Å². The fraction of sp³-hybridized carbons (Fsp3) is 0.923. The van der Waals surface area contributed by atoms with Crippen LogP contribution in [0.1, 0.15) is 52.9 Å². The molecule has 1 rings (SSSR count). The Morgan fingerprint density at radius 1 is 1.31 bits per heavy atom. The highest BCUT2D eigenvalue weighted by molar-refractivity contribution is 7.99. The van der Waals surface area contributed by atoms with Crippen LogP contribution in [0.5, 0.6) is 0 Å². The van der Waals surface area contributed by atoms with Gasteiger partial charge in [-0.05, 0) is 44.3 Å². The summed E-state index contributed by atoms with van der Waals surface area (Å²) in [6, 6.07) is 0.436. The molecule has 0 atom stereocenters. The molecule has 1 saturated carbocycles. The smallest absolute Gasteiger partial charge is 0.217 e. The lowest BCUT2D eigenvalue weighted by atomic mass is 9.81. The second-order valence-electron chi connectivity index (χ2n) is 5.59. The average Bonchev–Trinajstić information content (AvgIpc) is 2.20. The SMILES string of the molecule is CSC(C)(C)CC1CCC(NC(C)=O)CC1. The van der Waals surface area contributed by atoms with Gasteiger partial charge >= 0.3 is 0 Å². The summed E-state index contributed by atoms with van der Waals surface area (Å²) in [6.07, 6.45) is 8.37. The van der Waals surface area contributed by atoms with E-state index in [1.165, 1.54) is 19.3 Å². The van der Waals surface area contributed by atoms with Crippen molar-refractivity contribution in [3.8, 4) is 0 Å². The standard InChI is InChI=1S/C13H25NOS/c1-10(15)14-12-7-5-11(6-8-12)9-13(2,3)16-4/h11-12H,5-9H2,1-4H3,(H,14,15). The molecule has 1 amide bonds. The van der Waals surface area contributed by atoms with Gasteiger partial charge in [0.15, 0.2) is 0 Å². The molecule has 2 nitrogen and oxygen atoms in total. The molecule has 1 aliphatic rings. The molecule has 16 heavy (non-hydrogen) atoms. The number of rotatable bonds is 4. The number of carbonyl (C=O) groups excluding carboxylic acids is 1. The highest BCUT2D eigenvalue weighted by atomic mass is 32.2. The molecule has 0 bridgehead atoms. The maximum atomic E-state index is 11.0. The molecule has 3 heteroatoms. The molecule has 0 spiro atoms. The molecule has 0 aliphatic heterocycles. The number of carbonyl (C=O) groups is 1. The van der Waals surface area contributed by atoms with Gasteiger partial charge in [-0.25, -0.2) is 0 Å². The van der Waals surface area contributed by atoms with Crippen molar-refractivity contribution in [1.29, 1.82) is 0 Å². The fourth-order valence-electron chi connectivity index (χ4n) is 2.58. The zero-order chi connectivity index (χ0) is 12.2. The second-order valence-corrected chi connectivity index (χ2v) is 7.10. The van der Waals surface area contributed by atoms with E-state index >= 15 is 0 Å². The van der Waals surface area contributed by atoms with Crippen molar-refractivity contribution in [2.24, 2.45) is 5.92 Å². The van der Waals surface area contributed by atoms with E-state index in [1.54, 1.807) is 6.92 Å². The summed E-state index contributed by atoms with van der Waals surface area (Å²) in [5, 5.41) is 3.03. The number of hydrogen-bond acceptors (Lipinski definition) is 2. The first-order valence-electron chi connectivity index (χ1n) is 6.25. The van der Waals surface area contributed by atoms with Gasteiger partial charge in [0.2, 0.25) is 5.91 Å². The molecule has 0 aromatic heterocycles.